The van der Waals surface area contributed by atoms with Gasteiger partial charge in [0.2, 0.25) is 12.2 Å². The topological polar surface area (TPSA) is 244 Å². The van der Waals surface area contributed by atoms with Gasteiger partial charge in [-0.15, -0.1) is 0 Å². The van der Waals surface area contributed by atoms with Crippen molar-refractivity contribution in [3.63, 3.8) is 0 Å². The first kappa shape index (κ1) is 44.3. The van der Waals surface area contributed by atoms with Crippen LogP contribution in [0.1, 0.15) is 57.4 Å². The van der Waals surface area contributed by atoms with Crippen LogP contribution in [0.25, 0.3) is 10.9 Å². The number of aromatic amines is 1. The largest absolute Gasteiger partial charge is 0.462 e. The summed E-state index contributed by atoms with van der Waals surface area (Å²) in [4.78, 5) is 15.6. The summed E-state index contributed by atoms with van der Waals surface area (Å²) < 4.78 is 22.5. The van der Waals surface area contributed by atoms with Crippen molar-refractivity contribution in [2.24, 2.45) is 0 Å². The van der Waals surface area contributed by atoms with Gasteiger partial charge >= 0.3 is 0 Å². The number of nitrogens with one attached hydrogen (secondary N) is 2. The molecule has 1 aromatic carbocycles. The first-order valence-electron chi connectivity index (χ1n) is 18.9. The lowest BCUT2D eigenvalue weighted by Crippen LogP contribution is -2.62. The molecule has 2 fully saturated rings. The molecule has 1 amide bonds. The van der Waals surface area contributed by atoms with Gasteiger partial charge < -0.3 is 70.1 Å². The van der Waals surface area contributed by atoms with Crippen LogP contribution in [-0.2, 0) is 25.4 Å². The summed E-state index contributed by atoms with van der Waals surface area (Å²) in [5, 5.41) is 84.4. The van der Waals surface area contributed by atoms with E-state index in [1.165, 1.54) is 0 Å². The molecule has 2 saturated heterocycles. The maximum atomic E-state index is 12.5. The van der Waals surface area contributed by atoms with E-state index in [0.29, 0.717) is 25.1 Å². The third kappa shape index (κ3) is 13.6. The van der Waals surface area contributed by atoms with Gasteiger partial charge in [-0.2, -0.15) is 0 Å². The van der Waals surface area contributed by atoms with E-state index in [2.05, 4.69) is 46.8 Å². The van der Waals surface area contributed by atoms with Gasteiger partial charge in [0, 0.05) is 30.1 Å². The maximum absolute atomic E-state index is 12.5. The van der Waals surface area contributed by atoms with Crippen molar-refractivity contribution in [3.8, 4) is 5.75 Å². The molecule has 3 heterocycles. The summed E-state index contributed by atoms with van der Waals surface area (Å²) in [6.45, 7) is 1.04. The van der Waals surface area contributed by atoms with E-state index in [0.717, 1.165) is 55.0 Å². The van der Waals surface area contributed by atoms with Gasteiger partial charge in [0.25, 0.3) is 0 Å². The lowest BCUT2D eigenvalue weighted by atomic mass is 9.98. The van der Waals surface area contributed by atoms with Crippen LogP contribution < -0.4 is 10.1 Å². The zero-order chi connectivity index (χ0) is 39.7. The van der Waals surface area contributed by atoms with Gasteiger partial charge in [0.1, 0.15) is 54.6 Å². The number of aliphatic hydroxyl groups is 8. The summed E-state index contributed by atoms with van der Waals surface area (Å²) in [5.74, 6) is 0.286. The minimum absolute atomic E-state index is 0.0144. The van der Waals surface area contributed by atoms with Crippen molar-refractivity contribution in [2.75, 3.05) is 19.8 Å². The van der Waals surface area contributed by atoms with Crippen LogP contribution in [0.15, 0.2) is 73.0 Å². The molecular formula is C40H58N2O13. The second-order valence-electron chi connectivity index (χ2n) is 13.8. The third-order valence-corrected chi connectivity index (χ3v) is 9.41. The molecule has 1 aromatic heterocycles. The Morgan fingerprint density at radius 1 is 0.836 bits per heavy atom. The van der Waals surface area contributed by atoms with Crippen LogP contribution in [0, 0.1) is 0 Å². The van der Waals surface area contributed by atoms with Gasteiger partial charge in [0.15, 0.2) is 6.29 Å². The highest BCUT2D eigenvalue weighted by Gasteiger charge is 2.47. The van der Waals surface area contributed by atoms with E-state index < -0.39 is 80.7 Å². The number of allylic oxidation sites excluding steroid dienone is 7. The Balaban J connectivity index is 1.17. The molecule has 0 bridgehead atoms. The number of rotatable bonds is 21. The highest BCUT2D eigenvalue weighted by atomic mass is 16.7. The predicted molar refractivity (Wildman–Crippen MR) is 203 cm³/mol. The smallest absolute Gasteiger partial charge is 0.229 e. The predicted octanol–water partition coefficient (Wildman–Crippen LogP) is 1.17. The van der Waals surface area contributed by atoms with Gasteiger partial charge in [-0.1, -0.05) is 48.6 Å². The van der Waals surface area contributed by atoms with Crippen LogP contribution in [0.4, 0.5) is 0 Å². The molecule has 15 heteroatoms. The fourth-order valence-corrected chi connectivity index (χ4v) is 6.20. The van der Waals surface area contributed by atoms with Crippen molar-refractivity contribution in [2.45, 2.75) is 126 Å². The molecule has 0 aliphatic carbocycles. The quantitative estimate of drug-likeness (QED) is 0.0634. The molecule has 11 atom stereocenters. The Labute approximate surface area is 321 Å². The fraction of sp³-hybridized carbons (Fsp3) is 0.575. The highest BCUT2D eigenvalue weighted by Crippen LogP contribution is 2.29. The minimum atomic E-state index is -1.68. The van der Waals surface area contributed by atoms with Crippen LogP contribution in [0.3, 0.4) is 0 Å². The molecule has 10 N–H and O–H groups in total. The van der Waals surface area contributed by atoms with Crippen LogP contribution in [0.5, 0.6) is 5.75 Å². The Hall–Kier alpha value is -3.45. The molecule has 0 spiro atoms. The summed E-state index contributed by atoms with van der Waals surface area (Å²) >= 11 is 0. The Morgan fingerprint density at radius 3 is 2.16 bits per heavy atom. The number of ether oxygens (including phenoxy) is 4. The van der Waals surface area contributed by atoms with E-state index in [1.807, 2.05) is 12.3 Å². The first-order chi connectivity index (χ1) is 26.5. The number of amides is 1. The average molecular weight is 775 g/mol. The van der Waals surface area contributed by atoms with Gasteiger partial charge in [0.05, 0.1) is 19.3 Å². The maximum Gasteiger partial charge on any atom is 0.229 e. The third-order valence-electron chi connectivity index (χ3n) is 9.41. The van der Waals surface area contributed by atoms with Crippen LogP contribution >= 0.6 is 0 Å². The minimum Gasteiger partial charge on any atom is -0.462 e. The normalized spacial score (nSPS) is 29.6. The molecule has 15 nitrogen and oxygen atoms in total. The van der Waals surface area contributed by atoms with Gasteiger partial charge in [-0.05, 0) is 75.6 Å². The molecule has 4 rings (SSSR count). The number of aliphatic hydroxyl groups excluding tert-OH is 8. The lowest BCUT2D eigenvalue weighted by Gasteiger charge is -2.42. The second-order valence-corrected chi connectivity index (χ2v) is 13.8. The molecule has 0 saturated carbocycles. The molecule has 0 unspecified atom stereocenters. The number of hydrogen-bond acceptors (Lipinski definition) is 13. The molecule has 306 valence electrons. The van der Waals surface area contributed by atoms with E-state index in [9.17, 15) is 45.6 Å². The Bertz CT molecular complexity index is 1560. The molecular weight excluding hydrogens is 716 g/mol. The Kier molecular flexibility index (Phi) is 18.5. The number of aromatic nitrogens is 1. The first-order valence-corrected chi connectivity index (χ1v) is 18.9. The number of carbonyl (C=O) groups excluding carboxylic acids is 1. The van der Waals surface area contributed by atoms with Crippen LogP contribution in [0.2, 0.25) is 0 Å². The lowest BCUT2D eigenvalue weighted by molar-refractivity contribution is -0.323. The number of carbonyl (C=O) groups is 1. The van der Waals surface area contributed by atoms with Gasteiger partial charge in [-0.3, -0.25) is 4.79 Å². The number of fused-ring (bicyclic) bond motifs is 1. The van der Waals surface area contributed by atoms with Crippen molar-refractivity contribution in [1.82, 2.24) is 10.3 Å². The van der Waals surface area contributed by atoms with E-state index in [4.69, 9.17) is 18.9 Å². The molecule has 2 aliphatic heterocycles. The summed E-state index contributed by atoms with van der Waals surface area (Å²) in [5.41, 5.74) is 1.74. The van der Waals surface area contributed by atoms with Crippen molar-refractivity contribution in [1.29, 1.82) is 0 Å². The van der Waals surface area contributed by atoms with Crippen LogP contribution in [-0.4, -0.2) is 139 Å². The average Bonchev–Trinajstić information content (AvgIpc) is 3.57. The van der Waals surface area contributed by atoms with Crippen molar-refractivity contribution in [3.05, 3.63) is 78.6 Å². The molecule has 2 aliphatic rings. The van der Waals surface area contributed by atoms with E-state index in [-0.39, 0.29) is 5.91 Å². The number of H-pyrrole nitrogens is 1. The number of benzene rings is 1. The zero-order valence-corrected chi connectivity index (χ0v) is 31.2. The fourth-order valence-electron chi connectivity index (χ4n) is 6.20. The summed E-state index contributed by atoms with van der Waals surface area (Å²) in [6, 6.07) is 5.15. The molecule has 0 radical (unpaired) electrons. The molecule has 2 aromatic rings. The second kappa shape index (κ2) is 22.9. The zero-order valence-electron chi connectivity index (χ0n) is 31.2. The SMILES string of the molecule is C[C@@H](O)/C=C\C/C=C\C/C=C\C/C=C\CCCCC(=O)NCCc1c[nH]c2ccc(O[C@@H]3O[C@H](CO[C@@H]4O[C@H](CO)[C@@H](O)[C@H](O)[C@H]4O)[C@@H](O)[C@H](O)[C@H]3O)cc12. The van der Waals surface area contributed by atoms with Crippen molar-refractivity contribution >= 4 is 16.8 Å². The highest BCUT2D eigenvalue weighted by molar-refractivity contribution is 5.84. The monoisotopic (exact) mass is 774 g/mol. The number of hydrogen-bond donors (Lipinski definition) is 10. The summed E-state index contributed by atoms with van der Waals surface area (Å²) in [6.07, 6.45) is 8.77. The summed E-state index contributed by atoms with van der Waals surface area (Å²) in [7, 11) is 0. The van der Waals surface area contributed by atoms with E-state index in [1.54, 1.807) is 31.2 Å². The number of unbranched alkanes of at least 4 members (excludes halogenated alkanes) is 2. The Morgan fingerprint density at radius 2 is 1.47 bits per heavy atom. The molecule has 55 heavy (non-hydrogen) atoms. The van der Waals surface area contributed by atoms with Gasteiger partial charge in [-0.25, -0.2) is 0 Å². The standard InChI is InChI=1S/C40H58N2O13/c1-25(44)15-13-11-9-7-5-3-2-4-6-8-10-12-14-16-32(45)41-20-19-26-22-42-29-18-17-27(21-28(26)29)53-40-38(51)36(49)34(47)31(55-40)24-52-39-37(50)35(48)33(46)30(23-43)54-39/h2-3,6-9,13,15,17-18,21-22,25,30-31,33-40,42-44,46-51H,4-5,10-12,14,16,19-20,23-24H2,1H3,(H,41,45)/b3-2-,8-6-,9-7-,15-13-/t25-,30-,31-,33-,34-,35+,36+,37-,38-,39-,40-/m1/s1. The van der Waals surface area contributed by atoms with Crippen molar-refractivity contribution < 1.29 is 64.6 Å². The van der Waals surface area contributed by atoms with E-state index >= 15 is 0 Å².